The van der Waals surface area contributed by atoms with Gasteiger partial charge in [0.05, 0.1) is 26.4 Å². The first kappa shape index (κ1) is 20.9. The number of Topliss-reactive ketones (excluding diaryl/α,β-unsaturated/α-hetero) is 1. The summed E-state index contributed by atoms with van der Waals surface area (Å²) in [6, 6.07) is 20.1. The molecule has 0 heterocycles. The van der Waals surface area contributed by atoms with E-state index >= 15 is 0 Å². The van der Waals surface area contributed by atoms with Crippen LogP contribution in [0.15, 0.2) is 60.7 Å². The molecule has 0 aliphatic carbocycles. The lowest BCUT2D eigenvalue weighted by Gasteiger charge is -2.31. The molecule has 0 fully saturated rings. The van der Waals surface area contributed by atoms with E-state index in [0.717, 1.165) is 11.1 Å². The molecule has 0 unspecified atom stereocenters. The van der Waals surface area contributed by atoms with Crippen molar-refractivity contribution in [2.24, 2.45) is 5.41 Å². The van der Waals surface area contributed by atoms with Gasteiger partial charge in [-0.15, -0.1) is 11.8 Å². The van der Waals surface area contributed by atoms with Gasteiger partial charge < -0.3 is 14.3 Å². The number of hydrogen-bond acceptors (Lipinski definition) is 3. The monoisotopic (exact) mass is 364 g/mol. The number of carbonyl (C=O) groups is 1. The summed E-state index contributed by atoms with van der Waals surface area (Å²) in [5, 5.41) is 0. The van der Waals surface area contributed by atoms with E-state index in [0.29, 0.717) is 39.3 Å². The average Bonchev–Trinajstić information content (AvgIpc) is 2.67. The topological polar surface area (TPSA) is 35.5 Å². The van der Waals surface area contributed by atoms with Gasteiger partial charge in [0.2, 0.25) is 0 Å². The predicted octanol–water partition coefficient (Wildman–Crippen LogP) is 4.80. The average molecular weight is 364 g/mol. The molecular weight excluding hydrogens is 336 g/mol. The van der Waals surface area contributed by atoms with E-state index in [9.17, 15) is 4.79 Å². The lowest BCUT2D eigenvalue weighted by molar-refractivity contribution is -0.122. The molecule has 0 radical (unpaired) electrons. The zero-order chi connectivity index (χ0) is 19.4. The molecule has 0 atom stereocenters. The zero-order valence-electron chi connectivity index (χ0n) is 16.2. The summed E-state index contributed by atoms with van der Waals surface area (Å²) in [5.74, 6) is 6.19. The summed E-state index contributed by atoms with van der Waals surface area (Å²) in [7, 11) is 0. The summed E-state index contributed by atoms with van der Waals surface area (Å²) in [6.45, 7) is 5.32. The van der Waals surface area contributed by atoms with Gasteiger partial charge in [-0.1, -0.05) is 60.7 Å². The molecule has 0 aliphatic rings. The number of ether oxygens (including phenoxy) is 2. The lowest BCUT2D eigenvalue weighted by atomic mass is 9.81. The Balaban J connectivity index is 2.01. The minimum Gasteiger partial charge on any atom is -0.376 e. The summed E-state index contributed by atoms with van der Waals surface area (Å²) >= 11 is 0. The SMILES string of the molecule is CC#CCC(COCc1ccccc1)(COCc1ccccc1)CC(C)=O. The van der Waals surface area contributed by atoms with Crippen LogP contribution in [0.1, 0.15) is 37.8 Å². The van der Waals surface area contributed by atoms with Crippen LogP contribution in [0, 0.1) is 17.3 Å². The predicted molar refractivity (Wildman–Crippen MR) is 108 cm³/mol. The number of rotatable bonds is 11. The fourth-order valence-corrected chi connectivity index (χ4v) is 3.03. The van der Waals surface area contributed by atoms with Crippen LogP contribution < -0.4 is 0 Å². The van der Waals surface area contributed by atoms with Crippen molar-refractivity contribution < 1.29 is 14.3 Å². The molecule has 2 rings (SSSR count). The van der Waals surface area contributed by atoms with Gasteiger partial charge in [0.15, 0.2) is 0 Å². The second-order valence-corrected chi connectivity index (χ2v) is 6.94. The molecule has 0 aromatic heterocycles. The third-order valence-electron chi connectivity index (χ3n) is 4.30. The minimum absolute atomic E-state index is 0.125. The van der Waals surface area contributed by atoms with Gasteiger partial charge in [0, 0.05) is 18.3 Å². The Morgan fingerprint density at radius 2 is 1.37 bits per heavy atom. The largest absolute Gasteiger partial charge is 0.376 e. The Morgan fingerprint density at radius 1 is 0.889 bits per heavy atom. The second-order valence-electron chi connectivity index (χ2n) is 6.94. The second kappa shape index (κ2) is 11.3. The molecular formula is C24H28O3. The highest BCUT2D eigenvalue weighted by atomic mass is 16.5. The smallest absolute Gasteiger partial charge is 0.130 e. The zero-order valence-corrected chi connectivity index (χ0v) is 16.2. The molecule has 3 heteroatoms. The number of hydrogen-bond donors (Lipinski definition) is 0. The fraction of sp³-hybridized carbons (Fsp3) is 0.375. The van der Waals surface area contributed by atoms with Crippen LogP contribution in [-0.4, -0.2) is 19.0 Å². The van der Waals surface area contributed by atoms with Crippen LogP contribution in [0.2, 0.25) is 0 Å². The quantitative estimate of drug-likeness (QED) is 0.537. The van der Waals surface area contributed by atoms with Crippen LogP contribution >= 0.6 is 0 Å². The first-order valence-electron chi connectivity index (χ1n) is 9.26. The highest BCUT2D eigenvalue weighted by Crippen LogP contribution is 2.29. The maximum Gasteiger partial charge on any atom is 0.130 e. The van der Waals surface area contributed by atoms with Crippen LogP contribution in [0.4, 0.5) is 0 Å². The molecule has 0 spiro atoms. The number of ketones is 1. The number of carbonyl (C=O) groups excluding carboxylic acids is 1. The van der Waals surface area contributed by atoms with E-state index in [2.05, 4.69) is 11.8 Å². The van der Waals surface area contributed by atoms with Crippen molar-refractivity contribution >= 4 is 5.78 Å². The van der Waals surface area contributed by atoms with Crippen LogP contribution in [0.3, 0.4) is 0 Å². The summed E-state index contributed by atoms with van der Waals surface area (Å²) in [6.07, 6.45) is 0.970. The first-order valence-corrected chi connectivity index (χ1v) is 9.26. The van der Waals surface area contributed by atoms with Gasteiger partial charge in [-0.2, -0.15) is 0 Å². The summed E-state index contributed by atoms with van der Waals surface area (Å²) in [5.41, 5.74) is 1.79. The van der Waals surface area contributed by atoms with Crippen molar-refractivity contribution in [1.29, 1.82) is 0 Å². The third kappa shape index (κ3) is 7.78. The van der Waals surface area contributed by atoms with Crippen molar-refractivity contribution in [3.63, 3.8) is 0 Å². The molecule has 142 valence electrons. The Morgan fingerprint density at radius 3 is 1.78 bits per heavy atom. The van der Waals surface area contributed by atoms with Crippen LogP contribution in [-0.2, 0) is 27.5 Å². The standard InChI is InChI=1S/C24H28O3/c1-3-4-15-24(16-21(2)25,19-26-17-22-11-7-5-8-12-22)20-27-18-23-13-9-6-10-14-23/h5-14H,15-20H2,1-2H3. The van der Waals surface area contributed by atoms with Crippen LogP contribution in [0.5, 0.6) is 0 Å². The Hall–Kier alpha value is -2.41. The van der Waals surface area contributed by atoms with E-state index < -0.39 is 5.41 Å². The normalized spacial score (nSPS) is 10.9. The fourth-order valence-electron chi connectivity index (χ4n) is 3.03. The van der Waals surface area contributed by atoms with Crippen molar-refractivity contribution in [2.75, 3.05) is 13.2 Å². The van der Waals surface area contributed by atoms with Gasteiger partial charge in [-0.3, -0.25) is 0 Å². The summed E-state index contributed by atoms with van der Waals surface area (Å²) in [4.78, 5) is 11.9. The van der Waals surface area contributed by atoms with Gasteiger partial charge in [0.25, 0.3) is 0 Å². The van der Waals surface area contributed by atoms with E-state index in [4.69, 9.17) is 9.47 Å². The molecule has 0 saturated heterocycles. The highest BCUT2D eigenvalue weighted by molar-refractivity contribution is 5.76. The third-order valence-corrected chi connectivity index (χ3v) is 4.30. The molecule has 0 saturated carbocycles. The van der Waals surface area contributed by atoms with E-state index in [1.807, 2.05) is 67.6 Å². The van der Waals surface area contributed by atoms with Crippen molar-refractivity contribution in [1.82, 2.24) is 0 Å². The van der Waals surface area contributed by atoms with Crippen molar-refractivity contribution in [3.8, 4) is 11.8 Å². The number of benzene rings is 2. The molecule has 0 aliphatic heterocycles. The van der Waals surface area contributed by atoms with Gasteiger partial charge in [-0.25, -0.2) is 0 Å². The molecule has 0 amide bonds. The molecule has 2 aromatic carbocycles. The molecule has 27 heavy (non-hydrogen) atoms. The van der Waals surface area contributed by atoms with E-state index in [1.165, 1.54) is 0 Å². The lowest BCUT2D eigenvalue weighted by Crippen LogP contribution is -2.34. The minimum atomic E-state index is -0.432. The Kier molecular flexibility index (Phi) is 8.77. The first-order chi connectivity index (χ1) is 13.1. The Labute approximate surface area is 162 Å². The van der Waals surface area contributed by atoms with Gasteiger partial charge in [-0.05, 0) is 25.0 Å². The summed E-state index contributed by atoms with van der Waals surface area (Å²) < 4.78 is 12.0. The highest BCUT2D eigenvalue weighted by Gasteiger charge is 2.32. The van der Waals surface area contributed by atoms with Crippen molar-refractivity contribution in [2.45, 2.75) is 39.9 Å². The Bertz CT molecular complexity index is 696. The molecule has 3 nitrogen and oxygen atoms in total. The molecule has 0 bridgehead atoms. The van der Waals surface area contributed by atoms with E-state index in [-0.39, 0.29) is 5.78 Å². The molecule has 0 N–H and O–H groups in total. The van der Waals surface area contributed by atoms with E-state index in [1.54, 1.807) is 6.92 Å². The van der Waals surface area contributed by atoms with Gasteiger partial charge >= 0.3 is 0 Å². The van der Waals surface area contributed by atoms with Crippen LogP contribution in [0.25, 0.3) is 0 Å². The van der Waals surface area contributed by atoms with Gasteiger partial charge in [0.1, 0.15) is 5.78 Å². The molecule has 2 aromatic rings. The maximum atomic E-state index is 11.9. The maximum absolute atomic E-state index is 11.9. The van der Waals surface area contributed by atoms with Crippen molar-refractivity contribution in [3.05, 3.63) is 71.8 Å².